The van der Waals surface area contributed by atoms with Crippen molar-refractivity contribution in [2.24, 2.45) is 4.99 Å². The summed E-state index contributed by atoms with van der Waals surface area (Å²) in [5, 5.41) is 2.03. The predicted octanol–water partition coefficient (Wildman–Crippen LogP) is 7.50. The van der Waals surface area contributed by atoms with Gasteiger partial charge in [0.2, 0.25) is 0 Å². The molecule has 0 aliphatic carbocycles. The number of benzene rings is 3. The van der Waals surface area contributed by atoms with Crippen LogP contribution in [0.3, 0.4) is 0 Å². The van der Waals surface area contributed by atoms with Crippen molar-refractivity contribution in [2.75, 3.05) is 0 Å². The zero-order valence-corrected chi connectivity index (χ0v) is 17.5. The van der Waals surface area contributed by atoms with E-state index in [9.17, 15) is 8.78 Å². The monoisotopic (exact) mass is 417 g/mol. The quantitative estimate of drug-likeness (QED) is 0.175. The maximum Gasteiger partial charge on any atom is 0.151 e. The highest BCUT2D eigenvalue weighted by Gasteiger charge is 2.07. The summed E-state index contributed by atoms with van der Waals surface area (Å²) in [7, 11) is 0. The SMILES string of the molecule is CCCCCc1ccc(-c2ccc(C#Cc3cc(F)c(N=C=S)cc3F)cc2)cc1. The highest BCUT2D eigenvalue weighted by Crippen LogP contribution is 2.22. The molecule has 0 radical (unpaired) electrons. The van der Waals surface area contributed by atoms with Gasteiger partial charge in [0.1, 0.15) is 11.5 Å². The lowest BCUT2D eigenvalue weighted by Gasteiger charge is -2.05. The van der Waals surface area contributed by atoms with Crippen LogP contribution in [0.2, 0.25) is 0 Å². The van der Waals surface area contributed by atoms with Gasteiger partial charge in [0.25, 0.3) is 0 Å². The van der Waals surface area contributed by atoms with E-state index in [2.05, 4.69) is 60.2 Å². The number of unbranched alkanes of at least 4 members (excludes halogenated alkanes) is 2. The molecule has 1 nitrogen and oxygen atoms in total. The first kappa shape index (κ1) is 21.6. The summed E-state index contributed by atoms with van der Waals surface area (Å²) in [6.45, 7) is 2.21. The first-order valence-electron chi connectivity index (χ1n) is 9.89. The Morgan fingerprint density at radius 2 is 1.50 bits per heavy atom. The highest BCUT2D eigenvalue weighted by molar-refractivity contribution is 7.78. The van der Waals surface area contributed by atoms with Crippen molar-refractivity contribution in [3.05, 3.63) is 89.0 Å². The van der Waals surface area contributed by atoms with Crippen LogP contribution in [0.1, 0.15) is 42.9 Å². The van der Waals surface area contributed by atoms with Crippen LogP contribution in [0.5, 0.6) is 0 Å². The van der Waals surface area contributed by atoms with Gasteiger partial charge in [-0.2, -0.15) is 4.99 Å². The van der Waals surface area contributed by atoms with Crippen molar-refractivity contribution in [1.29, 1.82) is 0 Å². The molecule has 30 heavy (non-hydrogen) atoms. The molecule has 3 rings (SSSR count). The van der Waals surface area contributed by atoms with Crippen LogP contribution in [0, 0.1) is 23.5 Å². The Labute approximate surface area is 181 Å². The molecule has 0 atom stereocenters. The minimum atomic E-state index is -0.688. The number of hydrogen-bond donors (Lipinski definition) is 0. The van der Waals surface area contributed by atoms with Crippen LogP contribution >= 0.6 is 12.2 Å². The van der Waals surface area contributed by atoms with Crippen molar-refractivity contribution >= 4 is 23.1 Å². The van der Waals surface area contributed by atoms with Crippen LogP contribution in [0.15, 0.2) is 65.7 Å². The fraction of sp³-hybridized carbons (Fsp3) is 0.192. The third kappa shape index (κ3) is 5.70. The van der Waals surface area contributed by atoms with Gasteiger partial charge in [0, 0.05) is 11.6 Å². The van der Waals surface area contributed by atoms with Crippen LogP contribution < -0.4 is 0 Å². The van der Waals surface area contributed by atoms with Crippen molar-refractivity contribution in [3.63, 3.8) is 0 Å². The van der Waals surface area contributed by atoms with Gasteiger partial charge in [-0.05, 0) is 59.9 Å². The van der Waals surface area contributed by atoms with Crippen molar-refractivity contribution in [1.82, 2.24) is 0 Å². The van der Waals surface area contributed by atoms with E-state index >= 15 is 0 Å². The smallest absolute Gasteiger partial charge is 0.151 e. The van der Waals surface area contributed by atoms with E-state index in [-0.39, 0.29) is 11.3 Å². The lowest BCUT2D eigenvalue weighted by atomic mass is 10.0. The highest BCUT2D eigenvalue weighted by atomic mass is 32.1. The maximum atomic E-state index is 14.1. The first-order valence-corrected chi connectivity index (χ1v) is 10.3. The van der Waals surface area contributed by atoms with E-state index in [0.29, 0.717) is 0 Å². The topological polar surface area (TPSA) is 12.4 Å². The maximum absolute atomic E-state index is 14.1. The van der Waals surface area contributed by atoms with E-state index < -0.39 is 11.6 Å². The van der Waals surface area contributed by atoms with Gasteiger partial charge in [-0.3, -0.25) is 0 Å². The van der Waals surface area contributed by atoms with Crippen LogP contribution in [-0.2, 0) is 6.42 Å². The van der Waals surface area contributed by atoms with Gasteiger partial charge in [0.15, 0.2) is 5.82 Å². The van der Waals surface area contributed by atoms with Crippen LogP contribution in [0.4, 0.5) is 14.5 Å². The Morgan fingerprint density at radius 3 is 2.13 bits per heavy atom. The van der Waals surface area contributed by atoms with Crippen molar-refractivity contribution in [3.8, 4) is 23.0 Å². The standard InChI is InChI=1S/C26H21F2NS/c1-2-3-4-5-19-6-11-21(12-7-19)22-13-8-20(9-14-22)10-15-23-16-25(28)26(29-18-30)17-24(23)27/h6-9,11-14,16-17H,2-5H2,1H3. The zero-order valence-electron chi connectivity index (χ0n) is 16.7. The molecule has 0 heterocycles. The number of isothiocyanates is 1. The summed E-state index contributed by atoms with van der Waals surface area (Å²) in [5.41, 5.74) is 4.08. The molecule has 3 aromatic carbocycles. The van der Waals surface area contributed by atoms with Gasteiger partial charge in [0.05, 0.1) is 10.7 Å². The van der Waals surface area contributed by atoms with Crippen molar-refractivity contribution in [2.45, 2.75) is 32.6 Å². The lowest BCUT2D eigenvalue weighted by molar-refractivity contribution is 0.599. The molecule has 0 saturated carbocycles. The Hall–Kier alpha value is -3.12. The molecule has 150 valence electrons. The molecular formula is C26H21F2NS. The molecule has 0 aromatic heterocycles. The number of aryl methyl sites for hydroxylation is 1. The minimum absolute atomic E-state index is 0.0291. The first-order chi connectivity index (χ1) is 14.6. The van der Waals surface area contributed by atoms with E-state index in [4.69, 9.17) is 0 Å². The van der Waals surface area contributed by atoms with Gasteiger partial charge in [-0.1, -0.05) is 68.0 Å². The summed E-state index contributed by atoms with van der Waals surface area (Å²) in [6, 6.07) is 18.3. The average molecular weight is 418 g/mol. The lowest BCUT2D eigenvalue weighted by Crippen LogP contribution is -1.88. The summed E-state index contributed by atoms with van der Waals surface area (Å²) in [6.07, 6.45) is 4.81. The van der Waals surface area contributed by atoms with E-state index in [1.165, 1.54) is 24.8 Å². The fourth-order valence-electron chi connectivity index (χ4n) is 3.10. The number of halogens is 2. The molecule has 0 spiro atoms. The van der Waals surface area contributed by atoms with Gasteiger partial charge in [-0.25, -0.2) is 8.78 Å². The average Bonchev–Trinajstić information content (AvgIpc) is 2.76. The molecule has 0 bridgehead atoms. The van der Waals surface area contributed by atoms with E-state index in [0.717, 1.165) is 35.2 Å². The molecule has 0 aliphatic rings. The Balaban J connectivity index is 1.73. The second-order valence-electron chi connectivity index (χ2n) is 6.97. The predicted molar refractivity (Wildman–Crippen MR) is 122 cm³/mol. The second-order valence-corrected chi connectivity index (χ2v) is 7.15. The largest absolute Gasteiger partial charge is 0.206 e. The number of hydrogen-bond acceptors (Lipinski definition) is 2. The fourth-order valence-corrected chi connectivity index (χ4v) is 3.19. The molecular weight excluding hydrogens is 396 g/mol. The zero-order chi connectivity index (χ0) is 21.3. The normalized spacial score (nSPS) is 10.1. The summed E-state index contributed by atoms with van der Waals surface area (Å²) < 4.78 is 28.0. The number of nitrogens with zero attached hydrogens (tertiary/aromatic N) is 1. The Kier molecular flexibility index (Phi) is 7.63. The van der Waals surface area contributed by atoms with E-state index in [1.54, 1.807) is 0 Å². The molecule has 0 fully saturated rings. The van der Waals surface area contributed by atoms with Gasteiger partial charge < -0.3 is 0 Å². The number of aliphatic imine (C=N–C) groups is 1. The number of rotatable bonds is 6. The number of thiocarbonyl (C=S) groups is 1. The summed E-state index contributed by atoms with van der Waals surface area (Å²) in [4.78, 5) is 3.49. The van der Waals surface area contributed by atoms with Crippen LogP contribution in [0.25, 0.3) is 11.1 Å². The van der Waals surface area contributed by atoms with Crippen LogP contribution in [-0.4, -0.2) is 5.16 Å². The van der Waals surface area contributed by atoms with Gasteiger partial charge in [-0.15, -0.1) is 0 Å². The van der Waals surface area contributed by atoms with E-state index in [1.807, 2.05) is 29.4 Å². The third-order valence-corrected chi connectivity index (χ3v) is 4.88. The van der Waals surface area contributed by atoms with Crippen molar-refractivity contribution < 1.29 is 8.78 Å². The molecule has 4 heteroatoms. The second kappa shape index (κ2) is 10.6. The van der Waals surface area contributed by atoms with Gasteiger partial charge >= 0.3 is 0 Å². The molecule has 0 unspecified atom stereocenters. The summed E-state index contributed by atoms with van der Waals surface area (Å²) >= 11 is 4.42. The molecule has 0 amide bonds. The molecule has 0 saturated heterocycles. The molecule has 0 aliphatic heterocycles. The summed E-state index contributed by atoms with van der Waals surface area (Å²) in [5.74, 6) is 4.21. The minimum Gasteiger partial charge on any atom is -0.206 e. The molecule has 3 aromatic rings. The third-order valence-electron chi connectivity index (χ3n) is 4.79. The molecule has 0 N–H and O–H groups in total. The Bertz CT molecular complexity index is 1120. The Morgan fingerprint density at radius 1 is 0.833 bits per heavy atom.